The third kappa shape index (κ3) is 5.02. The van der Waals surface area contributed by atoms with Crippen molar-refractivity contribution in [2.24, 2.45) is 4.99 Å². The second-order valence-corrected chi connectivity index (χ2v) is 5.64. The van der Waals surface area contributed by atoms with Crippen LogP contribution in [0.4, 0.5) is 0 Å². The van der Waals surface area contributed by atoms with Crippen LogP contribution in [0, 0.1) is 13.8 Å². The van der Waals surface area contributed by atoms with Crippen LogP contribution in [0.5, 0.6) is 0 Å². The van der Waals surface area contributed by atoms with Crippen molar-refractivity contribution in [3.63, 3.8) is 0 Å². The van der Waals surface area contributed by atoms with E-state index in [0.717, 1.165) is 27.6 Å². The highest BCUT2D eigenvalue weighted by molar-refractivity contribution is 6.31. The highest BCUT2D eigenvalue weighted by atomic mass is 35.5. The average molecular weight is 302 g/mol. The zero-order chi connectivity index (χ0) is 16.0. The normalized spacial score (nSPS) is 14.1. The van der Waals surface area contributed by atoms with Gasteiger partial charge in [-0.15, -0.1) is 0 Å². The first kappa shape index (κ1) is 17.5. The van der Waals surface area contributed by atoms with Gasteiger partial charge in [-0.25, -0.2) is 0 Å². The molecular weight excluding hydrogens is 278 g/mol. The maximum atomic E-state index is 6.25. The molecule has 21 heavy (non-hydrogen) atoms. The van der Waals surface area contributed by atoms with Crippen LogP contribution in [0.15, 0.2) is 47.0 Å². The van der Waals surface area contributed by atoms with Gasteiger partial charge in [0.15, 0.2) is 0 Å². The van der Waals surface area contributed by atoms with E-state index in [1.807, 2.05) is 45.9 Å². The van der Waals surface area contributed by atoms with Crippen molar-refractivity contribution in [1.82, 2.24) is 0 Å². The van der Waals surface area contributed by atoms with E-state index in [1.165, 1.54) is 11.1 Å². The lowest BCUT2D eigenvalue weighted by molar-refractivity contribution is 1.33. The highest BCUT2D eigenvalue weighted by Crippen LogP contribution is 2.27. The van der Waals surface area contributed by atoms with E-state index in [1.54, 1.807) is 0 Å². The van der Waals surface area contributed by atoms with Gasteiger partial charge >= 0.3 is 0 Å². The minimum absolute atomic E-state index is 0.781. The monoisotopic (exact) mass is 301 g/mol. The summed E-state index contributed by atoms with van der Waals surface area (Å²) in [6.45, 7) is 12.2. The zero-order valence-electron chi connectivity index (χ0n) is 13.8. The summed E-state index contributed by atoms with van der Waals surface area (Å²) in [5.74, 6) is 0. The molecule has 0 heterocycles. The Balaban J connectivity index is 3.22. The lowest BCUT2D eigenvalue weighted by atomic mass is 10.0. The fourth-order valence-electron chi connectivity index (χ4n) is 2.24. The number of nitrogens with zero attached hydrogens (tertiary/aromatic N) is 1. The van der Waals surface area contributed by atoms with Gasteiger partial charge < -0.3 is 0 Å². The molecule has 0 amide bonds. The van der Waals surface area contributed by atoms with Gasteiger partial charge in [0.1, 0.15) is 0 Å². The number of aliphatic imine (C=N–C) groups is 1. The Labute approximate surface area is 133 Å². The Morgan fingerprint density at radius 3 is 2.33 bits per heavy atom. The molecular formula is C19H24ClN. The lowest BCUT2D eigenvalue weighted by Crippen LogP contribution is -1.93. The van der Waals surface area contributed by atoms with Crippen molar-refractivity contribution in [3.05, 3.63) is 63.7 Å². The SMILES string of the molecule is C\C=C/C(C)=C\C(C)=N\C(=C/C)c1cc(Cl)c(C)cc1C. The number of aryl methyl sites for hydroxylation is 2. The van der Waals surface area contributed by atoms with Crippen LogP contribution < -0.4 is 0 Å². The first-order valence-electron chi connectivity index (χ1n) is 7.18. The summed E-state index contributed by atoms with van der Waals surface area (Å²) >= 11 is 6.25. The van der Waals surface area contributed by atoms with Gasteiger partial charge in [0.2, 0.25) is 0 Å². The summed E-state index contributed by atoms with van der Waals surface area (Å²) < 4.78 is 0. The third-order valence-electron chi connectivity index (χ3n) is 3.22. The first-order valence-corrected chi connectivity index (χ1v) is 7.56. The molecule has 0 fully saturated rings. The molecule has 1 rings (SSSR count). The Morgan fingerprint density at radius 1 is 1.10 bits per heavy atom. The number of benzene rings is 1. The Hall–Kier alpha value is -1.60. The van der Waals surface area contributed by atoms with Crippen LogP contribution >= 0.6 is 11.6 Å². The maximum absolute atomic E-state index is 6.25. The van der Waals surface area contributed by atoms with Crippen molar-refractivity contribution in [2.45, 2.75) is 41.5 Å². The molecule has 0 aliphatic rings. The van der Waals surface area contributed by atoms with E-state index in [0.29, 0.717) is 0 Å². The standard InChI is InChI=1S/C19H24ClN/c1-7-9-13(3)10-16(6)21-19(8-2)17-12-18(20)15(5)11-14(17)4/h7-12H,1-6H3/b9-7-,13-10-,19-8-,21-16+. The maximum Gasteiger partial charge on any atom is 0.0665 e. The second kappa shape index (κ2) is 7.99. The van der Waals surface area contributed by atoms with Gasteiger partial charge in [-0.05, 0) is 70.4 Å². The van der Waals surface area contributed by atoms with Crippen LogP contribution in [0.1, 0.15) is 44.4 Å². The van der Waals surface area contributed by atoms with Crippen LogP contribution in [0.2, 0.25) is 5.02 Å². The molecule has 112 valence electrons. The summed E-state index contributed by atoms with van der Waals surface area (Å²) in [6, 6.07) is 4.10. The number of rotatable bonds is 4. The van der Waals surface area contributed by atoms with E-state index in [4.69, 9.17) is 16.6 Å². The van der Waals surface area contributed by atoms with Gasteiger partial charge in [-0.2, -0.15) is 0 Å². The van der Waals surface area contributed by atoms with Crippen LogP contribution in [0.25, 0.3) is 5.70 Å². The Morgan fingerprint density at radius 2 is 1.76 bits per heavy atom. The van der Waals surface area contributed by atoms with E-state index < -0.39 is 0 Å². The molecule has 1 aromatic carbocycles. The molecule has 0 bridgehead atoms. The van der Waals surface area contributed by atoms with Gasteiger partial charge in [-0.3, -0.25) is 4.99 Å². The molecule has 0 saturated heterocycles. The summed E-state index contributed by atoms with van der Waals surface area (Å²) in [5.41, 5.74) is 6.50. The molecule has 0 radical (unpaired) electrons. The van der Waals surface area contributed by atoms with Crippen molar-refractivity contribution in [2.75, 3.05) is 0 Å². The van der Waals surface area contributed by atoms with Crippen LogP contribution in [-0.4, -0.2) is 5.71 Å². The molecule has 1 nitrogen and oxygen atoms in total. The van der Waals surface area contributed by atoms with Crippen molar-refractivity contribution < 1.29 is 0 Å². The number of allylic oxidation sites excluding steroid dienone is 5. The summed E-state index contributed by atoms with van der Waals surface area (Å²) in [5, 5.41) is 0.781. The summed E-state index contributed by atoms with van der Waals surface area (Å²) in [6.07, 6.45) is 8.20. The fourth-order valence-corrected chi connectivity index (χ4v) is 2.41. The van der Waals surface area contributed by atoms with Gasteiger partial charge in [0, 0.05) is 16.3 Å². The molecule has 0 aliphatic carbocycles. The molecule has 0 unspecified atom stereocenters. The minimum atomic E-state index is 0.781. The predicted molar refractivity (Wildman–Crippen MR) is 96.3 cm³/mol. The van der Waals surface area contributed by atoms with E-state index in [2.05, 4.69) is 32.1 Å². The van der Waals surface area contributed by atoms with Crippen molar-refractivity contribution in [1.29, 1.82) is 0 Å². The minimum Gasteiger partial charge on any atom is -0.253 e. The highest BCUT2D eigenvalue weighted by Gasteiger charge is 2.07. The zero-order valence-corrected chi connectivity index (χ0v) is 14.5. The topological polar surface area (TPSA) is 12.4 Å². The molecule has 0 aliphatic heterocycles. The molecule has 0 atom stereocenters. The van der Waals surface area contributed by atoms with Gasteiger partial charge in [-0.1, -0.05) is 35.9 Å². The summed E-state index contributed by atoms with van der Waals surface area (Å²) in [7, 11) is 0. The van der Waals surface area contributed by atoms with Gasteiger partial charge in [0.25, 0.3) is 0 Å². The summed E-state index contributed by atoms with van der Waals surface area (Å²) in [4.78, 5) is 4.73. The van der Waals surface area contributed by atoms with Crippen molar-refractivity contribution >= 4 is 23.0 Å². The fraction of sp³-hybridized carbons (Fsp3) is 0.316. The number of halogens is 1. The van der Waals surface area contributed by atoms with E-state index in [9.17, 15) is 0 Å². The largest absolute Gasteiger partial charge is 0.253 e. The van der Waals surface area contributed by atoms with Crippen LogP contribution in [-0.2, 0) is 0 Å². The predicted octanol–water partition coefficient (Wildman–Crippen LogP) is 6.30. The molecule has 0 saturated carbocycles. The van der Waals surface area contributed by atoms with Crippen molar-refractivity contribution in [3.8, 4) is 0 Å². The first-order chi connectivity index (χ1) is 9.88. The molecule has 0 aromatic heterocycles. The number of hydrogen-bond acceptors (Lipinski definition) is 1. The molecule has 0 N–H and O–H groups in total. The van der Waals surface area contributed by atoms with E-state index in [-0.39, 0.29) is 0 Å². The van der Waals surface area contributed by atoms with Crippen LogP contribution in [0.3, 0.4) is 0 Å². The van der Waals surface area contributed by atoms with Gasteiger partial charge in [0.05, 0.1) is 5.70 Å². The van der Waals surface area contributed by atoms with E-state index >= 15 is 0 Å². The molecule has 1 aromatic rings. The Kier molecular flexibility index (Phi) is 6.64. The third-order valence-corrected chi connectivity index (χ3v) is 3.63. The average Bonchev–Trinajstić information content (AvgIpc) is 2.40. The number of hydrogen-bond donors (Lipinski definition) is 0. The Bertz CT molecular complexity index is 631. The second-order valence-electron chi connectivity index (χ2n) is 5.23. The molecule has 2 heteroatoms. The lowest BCUT2D eigenvalue weighted by Gasteiger charge is -2.10. The smallest absolute Gasteiger partial charge is 0.0665 e. The quantitative estimate of drug-likeness (QED) is 0.457. The molecule has 0 spiro atoms.